The Bertz CT molecular complexity index is 1130. The normalized spacial score (nSPS) is 17.0. The Morgan fingerprint density at radius 1 is 1.21 bits per heavy atom. The van der Waals surface area contributed by atoms with E-state index in [1.165, 1.54) is 6.07 Å². The first-order valence-corrected chi connectivity index (χ1v) is 9.78. The van der Waals surface area contributed by atoms with Crippen LogP contribution in [0, 0.1) is 13.8 Å². The Hall–Kier alpha value is -3.12. The van der Waals surface area contributed by atoms with Gasteiger partial charge in [-0.25, -0.2) is 4.99 Å². The van der Waals surface area contributed by atoms with Crippen molar-refractivity contribution in [3.05, 3.63) is 64.7 Å². The van der Waals surface area contributed by atoms with Gasteiger partial charge in [0.05, 0.1) is 11.8 Å². The number of hydrogen-bond donors (Lipinski definition) is 2. The molecule has 0 radical (unpaired) electrons. The van der Waals surface area contributed by atoms with Gasteiger partial charge in [-0.1, -0.05) is 12.1 Å². The highest BCUT2D eigenvalue weighted by Crippen LogP contribution is 2.22. The summed E-state index contributed by atoms with van der Waals surface area (Å²) in [5.74, 6) is -0.169. The monoisotopic (exact) mass is 392 g/mol. The lowest BCUT2D eigenvalue weighted by Gasteiger charge is -2.11. The van der Waals surface area contributed by atoms with Crippen molar-refractivity contribution in [1.82, 2.24) is 5.32 Å². The lowest BCUT2D eigenvalue weighted by atomic mass is 10.1. The van der Waals surface area contributed by atoms with Gasteiger partial charge in [-0.05, 0) is 62.1 Å². The zero-order valence-corrected chi connectivity index (χ0v) is 16.6. The van der Waals surface area contributed by atoms with Crippen LogP contribution in [-0.4, -0.2) is 30.3 Å². The summed E-state index contributed by atoms with van der Waals surface area (Å²) in [6.45, 7) is 5.14. The van der Waals surface area contributed by atoms with Crippen LogP contribution in [0.3, 0.4) is 0 Å². The summed E-state index contributed by atoms with van der Waals surface area (Å²) in [5, 5.41) is 13.4. The SMILES string of the molecule is Cc1ccc(C)c(N=c2oc3cc(O)ccc3cc2C(=O)NC[C@@H]2CCCO2)c1. The molecular formula is C23H24N2O4. The van der Waals surface area contributed by atoms with Gasteiger partial charge in [-0.2, -0.15) is 0 Å². The fourth-order valence-electron chi connectivity index (χ4n) is 3.41. The molecule has 1 amide bonds. The molecule has 2 heterocycles. The van der Waals surface area contributed by atoms with Crippen LogP contribution in [0.1, 0.15) is 34.3 Å². The number of aryl methyl sites for hydroxylation is 2. The molecule has 1 aliphatic heterocycles. The maximum Gasteiger partial charge on any atom is 0.256 e. The Kier molecular flexibility index (Phi) is 5.36. The van der Waals surface area contributed by atoms with Gasteiger partial charge in [0.2, 0.25) is 5.55 Å². The summed E-state index contributed by atoms with van der Waals surface area (Å²) in [6.07, 6.45) is 2.01. The molecule has 1 saturated heterocycles. The van der Waals surface area contributed by atoms with Crippen LogP contribution in [0.4, 0.5) is 5.69 Å². The summed E-state index contributed by atoms with van der Waals surface area (Å²) in [4.78, 5) is 17.6. The van der Waals surface area contributed by atoms with E-state index in [0.29, 0.717) is 23.1 Å². The quantitative estimate of drug-likeness (QED) is 0.705. The molecule has 4 rings (SSSR count). The highest BCUT2D eigenvalue weighted by molar-refractivity contribution is 5.96. The Morgan fingerprint density at radius 2 is 2.07 bits per heavy atom. The highest BCUT2D eigenvalue weighted by Gasteiger charge is 2.18. The van der Waals surface area contributed by atoms with Gasteiger partial charge in [0.15, 0.2) is 0 Å². The summed E-state index contributed by atoms with van der Waals surface area (Å²) < 4.78 is 11.5. The molecule has 150 valence electrons. The van der Waals surface area contributed by atoms with Crippen LogP contribution in [0.25, 0.3) is 11.0 Å². The van der Waals surface area contributed by atoms with E-state index in [1.54, 1.807) is 18.2 Å². The third kappa shape index (κ3) is 4.32. The summed E-state index contributed by atoms with van der Waals surface area (Å²) in [7, 11) is 0. The minimum absolute atomic E-state index is 0.0488. The van der Waals surface area contributed by atoms with Crippen LogP contribution in [0.5, 0.6) is 5.75 Å². The van der Waals surface area contributed by atoms with Crippen LogP contribution in [0.15, 0.2) is 51.9 Å². The zero-order chi connectivity index (χ0) is 20.4. The van der Waals surface area contributed by atoms with Gasteiger partial charge in [0.25, 0.3) is 5.91 Å². The molecule has 2 aromatic carbocycles. The number of hydrogen-bond acceptors (Lipinski definition) is 5. The van der Waals surface area contributed by atoms with E-state index in [0.717, 1.165) is 36.3 Å². The first kappa shape index (κ1) is 19.2. The molecule has 0 bridgehead atoms. The molecule has 1 aliphatic rings. The molecule has 29 heavy (non-hydrogen) atoms. The van der Waals surface area contributed by atoms with Gasteiger partial charge in [-0.3, -0.25) is 4.79 Å². The van der Waals surface area contributed by atoms with E-state index in [9.17, 15) is 9.90 Å². The van der Waals surface area contributed by atoms with Crippen molar-refractivity contribution < 1.29 is 19.1 Å². The summed E-state index contributed by atoms with van der Waals surface area (Å²) >= 11 is 0. The zero-order valence-electron chi connectivity index (χ0n) is 16.6. The molecule has 1 aromatic heterocycles. The van der Waals surface area contributed by atoms with E-state index in [2.05, 4.69) is 10.3 Å². The van der Waals surface area contributed by atoms with E-state index in [4.69, 9.17) is 9.15 Å². The van der Waals surface area contributed by atoms with Gasteiger partial charge in [0, 0.05) is 24.6 Å². The average molecular weight is 392 g/mol. The van der Waals surface area contributed by atoms with Crippen LogP contribution in [0.2, 0.25) is 0 Å². The first-order chi connectivity index (χ1) is 14.0. The number of aromatic hydroxyl groups is 1. The van der Waals surface area contributed by atoms with Crippen molar-refractivity contribution in [3.8, 4) is 5.75 Å². The largest absolute Gasteiger partial charge is 0.508 e. The van der Waals surface area contributed by atoms with Crippen LogP contribution >= 0.6 is 0 Å². The van der Waals surface area contributed by atoms with Gasteiger partial charge in [0.1, 0.15) is 16.9 Å². The first-order valence-electron chi connectivity index (χ1n) is 9.78. The van der Waals surface area contributed by atoms with Gasteiger partial charge < -0.3 is 19.6 Å². The fraction of sp³-hybridized carbons (Fsp3) is 0.304. The number of nitrogens with zero attached hydrogens (tertiary/aromatic N) is 1. The topological polar surface area (TPSA) is 84.1 Å². The van der Waals surface area contributed by atoms with E-state index in [1.807, 2.05) is 32.0 Å². The Morgan fingerprint density at radius 3 is 2.86 bits per heavy atom. The lowest BCUT2D eigenvalue weighted by molar-refractivity contribution is 0.0854. The predicted octanol–water partition coefficient (Wildman–Crippen LogP) is 3.90. The van der Waals surface area contributed by atoms with Crippen LogP contribution in [-0.2, 0) is 4.74 Å². The number of phenols is 1. The number of carbonyl (C=O) groups is 1. The minimum atomic E-state index is -0.261. The third-order valence-electron chi connectivity index (χ3n) is 5.08. The predicted molar refractivity (Wildman–Crippen MR) is 110 cm³/mol. The molecule has 1 fully saturated rings. The smallest absolute Gasteiger partial charge is 0.256 e. The van der Waals surface area contributed by atoms with E-state index < -0.39 is 0 Å². The number of carbonyl (C=O) groups excluding carboxylic acids is 1. The number of rotatable bonds is 4. The second-order valence-corrected chi connectivity index (χ2v) is 7.43. The molecular weight excluding hydrogens is 368 g/mol. The maximum atomic E-state index is 12.9. The second-order valence-electron chi connectivity index (χ2n) is 7.43. The van der Waals surface area contributed by atoms with E-state index >= 15 is 0 Å². The van der Waals surface area contributed by atoms with Crippen molar-refractivity contribution in [2.45, 2.75) is 32.8 Å². The number of ether oxygens (including phenoxy) is 1. The minimum Gasteiger partial charge on any atom is -0.508 e. The molecule has 3 aromatic rings. The average Bonchev–Trinajstić information content (AvgIpc) is 3.22. The highest BCUT2D eigenvalue weighted by atomic mass is 16.5. The van der Waals surface area contributed by atoms with Gasteiger partial charge in [-0.15, -0.1) is 0 Å². The van der Waals surface area contributed by atoms with Crippen molar-refractivity contribution >= 4 is 22.6 Å². The number of nitrogens with one attached hydrogen (secondary N) is 1. The van der Waals surface area contributed by atoms with Crippen LogP contribution < -0.4 is 10.9 Å². The number of phenolic OH excluding ortho intramolecular Hbond substituents is 1. The van der Waals surface area contributed by atoms with Crippen molar-refractivity contribution in [2.75, 3.05) is 13.2 Å². The second kappa shape index (κ2) is 8.09. The molecule has 0 unspecified atom stereocenters. The summed E-state index contributed by atoms with van der Waals surface area (Å²) in [5.41, 5.74) is 3.81. The Balaban J connectivity index is 1.79. The van der Waals surface area contributed by atoms with Crippen molar-refractivity contribution in [2.24, 2.45) is 4.99 Å². The number of fused-ring (bicyclic) bond motifs is 1. The fourth-order valence-corrected chi connectivity index (χ4v) is 3.41. The molecule has 0 aliphatic carbocycles. The van der Waals surface area contributed by atoms with E-state index in [-0.39, 0.29) is 23.3 Å². The molecule has 0 spiro atoms. The third-order valence-corrected chi connectivity index (χ3v) is 5.08. The van der Waals surface area contributed by atoms with Crippen molar-refractivity contribution in [1.29, 1.82) is 0 Å². The van der Waals surface area contributed by atoms with Crippen molar-refractivity contribution in [3.63, 3.8) is 0 Å². The number of benzene rings is 2. The molecule has 0 saturated carbocycles. The molecule has 1 atom stereocenters. The standard InChI is InChI=1S/C23H24N2O4/c1-14-5-6-15(2)20(10-14)25-23-19(22(27)24-13-18-4-3-9-28-18)11-16-7-8-17(26)12-21(16)29-23/h5-8,10-12,18,26H,3-4,9,13H2,1-2H3,(H,24,27)/t18-/m0/s1. The number of amides is 1. The maximum absolute atomic E-state index is 12.9. The van der Waals surface area contributed by atoms with Gasteiger partial charge >= 0.3 is 0 Å². The summed E-state index contributed by atoms with van der Waals surface area (Å²) in [6, 6.07) is 12.5. The molecule has 2 N–H and O–H groups in total. The Labute approximate surface area is 168 Å². The molecule has 6 heteroatoms. The lowest BCUT2D eigenvalue weighted by Crippen LogP contribution is -2.34. The molecule has 6 nitrogen and oxygen atoms in total.